The molecule has 1 unspecified atom stereocenters. The lowest BCUT2D eigenvalue weighted by Gasteiger charge is -2.24. The van der Waals surface area contributed by atoms with Crippen LogP contribution in [-0.4, -0.2) is 28.9 Å². The van der Waals surface area contributed by atoms with Gasteiger partial charge in [-0.2, -0.15) is 0 Å². The Labute approximate surface area is 134 Å². The Morgan fingerprint density at radius 3 is 2.43 bits per heavy atom. The number of thiocarbonyl (C=S) groups is 1. The highest BCUT2D eigenvalue weighted by Gasteiger charge is 2.18. The molecule has 5 heteroatoms. The first-order chi connectivity index (χ1) is 9.99. The number of amides is 1. The monoisotopic (exact) mass is 318 g/mol. The van der Waals surface area contributed by atoms with Gasteiger partial charge >= 0.3 is 0 Å². The maximum absolute atomic E-state index is 12.5. The van der Waals surface area contributed by atoms with Crippen LogP contribution in [0.3, 0.4) is 0 Å². The summed E-state index contributed by atoms with van der Waals surface area (Å²) in [4.78, 5) is 15.9. The predicted molar refractivity (Wildman–Crippen MR) is 91.9 cm³/mol. The van der Waals surface area contributed by atoms with E-state index in [1.165, 1.54) is 4.88 Å². The van der Waals surface area contributed by atoms with Crippen LogP contribution < -0.4 is 5.73 Å². The summed E-state index contributed by atoms with van der Waals surface area (Å²) >= 11 is 6.63. The smallest absolute Gasteiger partial charge is 0.253 e. The number of rotatable bonds is 5. The molecule has 2 rings (SSSR count). The largest absolute Gasteiger partial charge is 0.389 e. The molecule has 2 N–H and O–H groups in total. The van der Waals surface area contributed by atoms with Gasteiger partial charge in [0.05, 0.1) is 0 Å². The van der Waals surface area contributed by atoms with Crippen LogP contribution in [0.1, 0.15) is 27.7 Å². The number of likely N-dealkylation sites (N-methyl/N-ethyl adjacent to an activating group) is 1. The third kappa shape index (κ3) is 3.89. The van der Waals surface area contributed by atoms with Crippen molar-refractivity contribution in [3.05, 3.63) is 57.8 Å². The first kappa shape index (κ1) is 15.7. The fraction of sp³-hybridized carbons (Fsp3) is 0.250. The van der Waals surface area contributed by atoms with Gasteiger partial charge in [-0.05, 0) is 30.5 Å². The number of hydrogen-bond acceptors (Lipinski definition) is 3. The highest BCUT2D eigenvalue weighted by atomic mass is 32.1. The molecule has 0 saturated heterocycles. The molecule has 0 saturated carbocycles. The zero-order valence-electron chi connectivity index (χ0n) is 12.1. The molecular formula is C16H18N2OS2. The summed E-state index contributed by atoms with van der Waals surface area (Å²) in [5.74, 6) is 0.00791. The number of carbonyl (C=O) groups is 1. The van der Waals surface area contributed by atoms with Crippen molar-refractivity contribution < 1.29 is 4.79 Å². The molecule has 1 heterocycles. The Bertz CT molecular complexity index is 620. The van der Waals surface area contributed by atoms with Crippen LogP contribution in [-0.2, 0) is 6.42 Å². The van der Waals surface area contributed by atoms with E-state index in [0.717, 1.165) is 12.0 Å². The molecule has 0 fully saturated rings. The number of thiophene rings is 1. The molecule has 1 atom stereocenters. The third-order valence-electron chi connectivity index (χ3n) is 3.47. The zero-order valence-corrected chi connectivity index (χ0v) is 13.7. The number of nitrogens with two attached hydrogens (primary N) is 1. The van der Waals surface area contributed by atoms with Crippen LogP contribution >= 0.6 is 23.6 Å². The van der Waals surface area contributed by atoms with Gasteiger partial charge in [0.25, 0.3) is 5.91 Å². The lowest BCUT2D eigenvalue weighted by molar-refractivity contribution is 0.0744. The van der Waals surface area contributed by atoms with Gasteiger partial charge in [-0.1, -0.05) is 30.4 Å². The second-order valence-corrected chi connectivity index (χ2v) is 6.46. The minimum atomic E-state index is 0.00791. The lowest BCUT2D eigenvalue weighted by atomic mass is 10.1. The Hall–Kier alpha value is -1.72. The summed E-state index contributed by atoms with van der Waals surface area (Å²) in [6.07, 6.45) is 0.866. The van der Waals surface area contributed by atoms with Crippen LogP contribution in [0.15, 0.2) is 41.8 Å². The van der Waals surface area contributed by atoms with E-state index in [9.17, 15) is 4.79 Å². The molecule has 0 radical (unpaired) electrons. The first-order valence-electron chi connectivity index (χ1n) is 6.68. The fourth-order valence-electron chi connectivity index (χ4n) is 2.04. The Balaban J connectivity index is 2.05. The van der Waals surface area contributed by atoms with E-state index >= 15 is 0 Å². The summed E-state index contributed by atoms with van der Waals surface area (Å²) in [5, 5.41) is 2.05. The van der Waals surface area contributed by atoms with Crippen LogP contribution in [0.5, 0.6) is 0 Å². The summed E-state index contributed by atoms with van der Waals surface area (Å²) in [6, 6.07) is 11.4. The molecule has 1 aromatic carbocycles. The zero-order chi connectivity index (χ0) is 15.4. The van der Waals surface area contributed by atoms with Gasteiger partial charge in [0.1, 0.15) is 4.99 Å². The SMILES string of the molecule is CC(Cc1cccs1)N(C)C(=O)c1ccc(C(N)=S)cc1. The average Bonchev–Trinajstić information content (AvgIpc) is 2.98. The molecule has 0 spiro atoms. The lowest BCUT2D eigenvalue weighted by Crippen LogP contribution is -2.36. The molecule has 3 nitrogen and oxygen atoms in total. The molecule has 0 aliphatic carbocycles. The summed E-state index contributed by atoms with van der Waals surface area (Å²) in [6.45, 7) is 2.06. The third-order valence-corrected chi connectivity index (χ3v) is 4.61. The number of hydrogen-bond donors (Lipinski definition) is 1. The van der Waals surface area contributed by atoms with E-state index in [-0.39, 0.29) is 11.9 Å². The van der Waals surface area contributed by atoms with Gasteiger partial charge in [-0.25, -0.2) is 0 Å². The minimum absolute atomic E-state index is 0.00791. The van der Waals surface area contributed by atoms with Crippen LogP contribution in [0.2, 0.25) is 0 Å². The normalized spacial score (nSPS) is 11.9. The van der Waals surface area contributed by atoms with E-state index in [4.69, 9.17) is 18.0 Å². The summed E-state index contributed by atoms with van der Waals surface area (Å²) in [7, 11) is 1.84. The predicted octanol–water partition coefficient (Wildman–Crippen LogP) is 3.09. The van der Waals surface area contributed by atoms with Crippen molar-refractivity contribution in [2.75, 3.05) is 7.05 Å². The van der Waals surface area contributed by atoms with Gasteiger partial charge in [0, 0.05) is 35.5 Å². The minimum Gasteiger partial charge on any atom is -0.389 e. The molecule has 0 bridgehead atoms. The van der Waals surface area contributed by atoms with Crippen LogP contribution in [0, 0.1) is 0 Å². The maximum Gasteiger partial charge on any atom is 0.253 e. The summed E-state index contributed by atoms with van der Waals surface area (Å²) < 4.78 is 0. The fourth-order valence-corrected chi connectivity index (χ4v) is 3.00. The van der Waals surface area contributed by atoms with Gasteiger partial charge in [-0.3, -0.25) is 4.79 Å². The van der Waals surface area contributed by atoms with E-state index in [0.29, 0.717) is 10.6 Å². The second-order valence-electron chi connectivity index (χ2n) is 4.99. The average molecular weight is 318 g/mol. The van der Waals surface area contributed by atoms with Crippen molar-refractivity contribution in [3.63, 3.8) is 0 Å². The van der Waals surface area contributed by atoms with Crippen molar-refractivity contribution in [2.45, 2.75) is 19.4 Å². The van der Waals surface area contributed by atoms with E-state index in [2.05, 4.69) is 18.4 Å². The van der Waals surface area contributed by atoms with Crippen molar-refractivity contribution in [2.24, 2.45) is 5.73 Å². The van der Waals surface area contributed by atoms with Gasteiger partial charge < -0.3 is 10.6 Å². The molecule has 110 valence electrons. The molecule has 2 aromatic rings. The van der Waals surface area contributed by atoms with E-state index in [1.54, 1.807) is 40.5 Å². The number of benzene rings is 1. The molecule has 1 aromatic heterocycles. The molecule has 21 heavy (non-hydrogen) atoms. The standard InChI is InChI=1S/C16H18N2OS2/c1-11(10-14-4-3-9-21-14)18(2)16(19)13-7-5-12(6-8-13)15(17)20/h3-9,11H,10H2,1-2H3,(H2,17,20). The van der Waals surface area contributed by atoms with Crippen LogP contribution in [0.4, 0.5) is 0 Å². The van der Waals surface area contributed by atoms with Crippen molar-refractivity contribution in [3.8, 4) is 0 Å². The van der Waals surface area contributed by atoms with Crippen LogP contribution in [0.25, 0.3) is 0 Å². The first-order valence-corrected chi connectivity index (χ1v) is 7.97. The molecule has 0 aliphatic rings. The summed E-state index contributed by atoms with van der Waals surface area (Å²) in [5.41, 5.74) is 6.98. The molecular weight excluding hydrogens is 300 g/mol. The number of nitrogens with zero attached hydrogens (tertiary/aromatic N) is 1. The van der Waals surface area contributed by atoms with Crippen molar-refractivity contribution in [1.29, 1.82) is 0 Å². The Kier molecular flexibility index (Phi) is 5.09. The second kappa shape index (κ2) is 6.83. The highest BCUT2D eigenvalue weighted by molar-refractivity contribution is 7.80. The van der Waals surface area contributed by atoms with Gasteiger partial charge in [-0.15, -0.1) is 11.3 Å². The topological polar surface area (TPSA) is 46.3 Å². The molecule has 0 aliphatic heterocycles. The van der Waals surface area contributed by atoms with E-state index in [1.807, 2.05) is 13.1 Å². The Morgan fingerprint density at radius 1 is 1.29 bits per heavy atom. The maximum atomic E-state index is 12.5. The van der Waals surface area contributed by atoms with Crippen molar-refractivity contribution in [1.82, 2.24) is 4.90 Å². The quantitative estimate of drug-likeness (QED) is 0.862. The highest BCUT2D eigenvalue weighted by Crippen LogP contribution is 2.15. The Morgan fingerprint density at radius 2 is 1.90 bits per heavy atom. The van der Waals surface area contributed by atoms with Gasteiger partial charge in [0.2, 0.25) is 0 Å². The van der Waals surface area contributed by atoms with Crippen molar-refractivity contribution >= 4 is 34.5 Å². The molecule has 1 amide bonds. The van der Waals surface area contributed by atoms with E-state index < -0.39 is 0 Å². The number of carbonyl (C=O) groups excluding carboxylic acids is 1. The van der Waals surface area contributed by atoms with Gasteiger partial charge in [0.15, 0.2) is 0 Å².